The number of hydrogen-bond acceptors (Lipinski definition) is 5. The number of nitrogens with zero attached hydrogens (tertiary/aromatic N) is 4. The summed E-state index contributed by atoms with van der Waals surface area (Å²) in [6, 6.07) is 8.06. The standard InChI is InChI=1S/C21H26N4O2/c1-15-8-20-21(9-16(15)2)25(14-23-20)12-17(26)11-24-7-5-19(13-24)27-18-4-3-6-22-10-18/h3-4,6,8-10,14,17,19,26H,5,7,11-13H2,1-2H3. The lowest BCUT2D eigenvalue weighted by atomic mass is 10.1. The maximum absolute atomic E-state index is 10.6. The zero-order valence-electron chi connectivity index (χ0n) is 15.9. The third kappa shape index (κ3) is 4.12. The highest BCUT2D eigenvalue weighted by Crippen LogP contribution is 2.20. The van der Waals surface area contributed by atoms with Crippen molar-refractivity contribution in [3.05, 3.63) is 54.1 Å². The van der Waals surface area contributed by atoms with Crippen molar-refractivity contribution >= 4 is 11.0 Å². The van der Waals surface area contributed by atoms with Crippen molar-refractivity contribution < 1.29 is 9.84 Å². The number of benzene rings is 1. The Morgan fingerprint density at radius 1 is 1.26 bits per heavy atom. The maximum Gasteiger partial charge on any atom is 0.138 e. The number of aryl methyl sites for hydroxylation is 2. The molecule has 0 radical (unpaired) electrons. The van der Waals surface area contributed by atoms with E-state index < -0.39 is 6.10 Å². The third-order valence-corrected chi connectivity index (χ3v) is 5.28. The highest BCUT2D eigenvalue weighted by atomic mass is 16.5. The summed E-state index contributed by atoms with van der Waals surface area (Å²) in [5, 5.41) is 10.6. The molecule has 6 heteroatoms. The number of likely N-dealkylation sites (tertiary alicyclic amines) is 1. The first-order valence-corrected chi connectivity index (χ1v) is 9.47. The molecule has 4 rings (SSSR count). The number of ether oxygens (including phenoxy) is 1. The molecule has 1 aromatic carbocycles. The van der Waals surface area contributed by atoms with Crippen molar-refractivity contribution in [2.45, 2.75) is 39.0 Å². The van der Waals surface area contributed by atoms with Crippen molar-refractivity contribution in [1.29, 1.82) is 0 Å². The van der Waals surface area contributed by atoms with Crippen LogP contribution in [0, 0.1) is 13.8 Å². The Bertz CT molecular complexity index is 909. The summed E-state index contributed by atoms with van der Waals surface area (Å²) in [6.45, 7) is 7.15. The van der Waals surface area contributed by atoms with Gasteiger partial charge in [-0.1, -0.05) is 0 Å². The van der Waals surface area contributed by atoms with Crippen LogP contribution in [0.15, 0.2) is 43.0 Å². The van der Waals surface area contributed by atoms with Crippen molar-refractivity contribution in [3.63, 3.8) is 0 Å². The SMILES string of the molecule is Cc1cc2ncn(CC(O)CN3CCC(Oc4cccnc4)C3)c2cc1C. The second kappa shape index (κ2) is 7.66. The minimum Gasteiger partial charge on any atom is -0.487 e. The molecule has 0 aliphatic carbocycles. The van der Waals surface area contributed by atoms with Gasteiger partial charge in [0.1, 0.15) is 11.9 Å². The van der Waals surface area contributed by atoms with Gasteiger partial charge in [-0.3, -0.25) is 9.88 Å². The Morgan fingerprint density at radius 2 is 2.11 bits per heavy atom. The van der Waals surface area contributed by atoms with Crippen LogP contribution in [0.1, 0.15) is 17.5 Å². The molecular formula is C21H26N4O2. The average molecular weight is 366 g/mol. The van der Waals surface area contributed by atoms with Gasteiger partial charge in [0.25, 0.3) is 0 Å². The summed E-state index contributed by atoms with van der Waals surface area (Å²) >= 11 is 0. The summed E-state index contributed by atoms with van der Waals surface area (Å²) in [7, 11) is 0. The smallest absolute Gasteiger partial charge is 0.138 e. The fraction of sp³-hybridized carbons (Fsp3) is 0.429. The Hall–Kier alpha value is -2.44. The van der Waals surface area contributed by atoms with Crippen LogP contribution in [-0.4, -0.2) is 56.4 Å². The van der Waals surface area contributed by atoms with E-state index in [2.05, 4.69) is 40.8 Å². The molecule has 1 aliphatic heterocycles. The molecule has 27 heavy (non-hydrogen) atoms. The fourth-order valence-corrected chi connectivity index (χ4v) is 3.71. The third-order valence-electron chi connectivity index (χ3n) is 5.28. The van der Waals surface area contributed by atoms with Gasteiger partial charge in [0.2, 0.25) is 0 Å². The predicted molar refractivity (Wildman–Crippen MR) is 105 cm³/mol. The lowest BCUT2D eigenvalue weighted by Crippen LogP contribution is -2.34. The van der Waals surface area contributed by atoms with E-state index in [1.165, 1.54) is 11.1 Å². The van der Waals surface area contributed by atoms with Gasteiger partial charge in [-0.25, -0.2) is 4.98 Å². The quantitative estimate of drug-likeness (QED) is 0.726. The Kier molecular flexibility index (Phi) is 5.09. The number of hydrogen-bond donors (Lipinski definition) is 1. The summed E-state index contributed by atoms with van der Waals surface area (Å²) in [4.78, 5) is 10.8. The second-order valence-electron chi connectivity index (χ2n) is 7.45. The van der Waals surface area contributed by atoms with Gasteiger partial charge in [-0.2, -0.15) is 0 Å². The molecule has 3 aromatic rings. The number of aliphatic hydroxyl groups is 1. The van der Waals surface area contributed by atoms with Crippen LogP contribution in [0.2, 0.25) is 0 Å². The molecule has 0 amide bonds. The van der Waals surface area contributed by atoms with E-state index in [1.807, 2.05) is 23.0 Å². The van der Waals surface area contributed by atoms with E-state index in [-0.39, 0.29) is 6.10 Å². The van der Waals surface area contributed by atoms with E-state index in [0.717, 1.165) is 36.3 Å². The van der Waals surface area contributed by atoms with Gasteiger partial charge < -0.3 is 14.4 Å². The van der Waals surface area contributed by atoms with Gasteiger partial charge in [-0.05, 0) is 55.7 Å². The van der Waals surface area contributed by atoms with Gasteiger partial charge in [0.05, 0.1) is 36.2 Å². The molecule has 0 saturated carbocycles. The van der Waals surface area contributed by atoms with Crippen molar-refractivity contribution in [3.8, 4) is 5.75 Å². The molecule has 2 unspecified atom stereocenters. The van der Waals surface area contributed by atoms with Gasteiger partial charge >= 0.3 is 0 Å². The normalized spacial score (nSPS) is 18.9. The lowest BCUT2D eigenvalue weighted by molar-refractivity contribution is 0.103. The molecule has 2 aromatic heterocycles. The molecule has 3 heterocycles. The van der Waals surface area contributed by atoms with E-state index in [9.17, 15) is 5.11 Å². The number of fused-ring (bicyclic) bond motifs is 1. The molecule has 1 aliphatic rings. The number of aromatic nitrogens is 3. The minimum absolute atomic E-state index is 0.154. The van der Waals surface area contributed by atoms with E-state index >= 15 is 0 Å². The lowest BCUT2D eigenvalue weighted by Gasteiger charge is -2.21. The van der Waals surface area contributed by atoms with Crippen LogP contribution in [0.25, 0.3) is 11.0 Å². The summed E-state index contributed by atoms with van der Waals surface area (Å²) in [5.74, 6) is 0.806. The van der Waals surface area contributed by atoms with Crippen molar-refractivity contribution in [2.24, 2.45) is 0 Å². The first kappa shape index (κ1) is 17.9. The van der Waals surface area contributed by atoms with E-state index in [1.54, 1.807) is 12.4 Å². The zero-order chi connectivity index (χ0) is 18.8. The van der Waals surface area contributed by atoms with Crippen LogP contribution >= 0.6 is 0 Å². The van der Waals surface area contributed by atoms with Crippen molar-refractivity contribution in [2.75, 3.05) is 19.6 Å². The molecule has 1 saturated heterocycles. The van der Waals surface area contributed by atoms with Crippen LogP contribution in [0.4, 0.5) is 0 Å². The zero-order valence-corrected chi connectivity index (χ0v) is 15.9. The van der Waals surface area contributed by atoms with E-state index in [0.29, 0.717) is 13.1 Å². The highest BCUT2D eigenvalue weighted by Gasteiger charge is 2.25. The van der Waals surface area contributed by atoms with Gasteiger partial charge in [-0.15, -0.1) is 0 Å². The molecular weight excluding hydrogens is 340 g/mol. The molecule has 0 bridgehead atoms. The predicted octanol–water partition coefficient (Wildman–Crippen LogP) is 2.56. The number of imidazole rings is 1. The van der Waals surface area contributed by atoms with Crippen LogP contribution in [-0.2, 0) is 6.54 Å². The number of pyridine rings is 1. The second-order valence-corrected chi connectivity index (χ2v) is 7.45. The fourth-order valence-electron chi connectivity index (χ4n) is 3.71. The topological polar surface area (TPSA) is 63.4 Å². The number of rotatable bonds is 6. The Balaban J connectivity index is 1.33. The van der Waals surface area contributed by atoms with Crippen LogP contribution in [0.3, 0.4) is 0 Å². The Labute approximate surface area is 159 Å². The van der Waals surface area contributed by atoms with Crippen LogP contribution < -0.4 is 4.74 Å². The number of aliphatic hydroxyl groups excluding tert-OH is 1. The largest absolute Gasteiger partial charge is 0.487 e. The number of β-amino-alcohol motifs (C(OH)–C–C–N with tert-alkyl or cyclic N) is 1. The summed E-state index contributed by atoms with van der Waals surface area (Å²) in [5.41, 5.74) is 4.55. The summed E-state index contributed by atoms with van der Waals surface area (Å²) in [6.07, 6.45) is 5.99. The van der Waals surface area contributed by atoms with Crippen molar-refractivity contribution in [1.82, 2.24) is 19.4 Å². The first-order valence-electron chi connectivity index (χ1n) is 9.47. The molecule has 1 N–H and O–H groups in total. The Morgan fingerprint density at radius 3 is 2.93 bits per heavy atom. The molecule has 0 spiro atoms. The highest BCUT2D eigenvalue weighted by molar-refractivity contribution is 5.77. The summed E-state index contributed by atoms with van der Waals surface area (Å²) < 4.78 is 8.02. The maximum atomic E-state index is 10.6. The monoisotopic (exact) mass is 366 g/mol. The van der Waals surface area contributed by atoms with E-state index in [4.69, 9.17) is 4.74 Å². The van der Waals surface area contributed by atoms with Gasteiger partial charge in [0.15, 0.2) is 0 Å². The van der Waals surface area contributed by atoms with Crippen LogP contribution in [0.5, 0.6) is 5.75 Å². The molecule has 142 valence electrons. The average Bonchev–Trinajstić information content (AvgIpc) is 3.24. The first-order chi connectivity index (χ1) is 13.1. The van der Waals surface area contributed by atoms with Gasteiger partial charge in [0, 0.05) is 25.8 Å². The molecule has 2 atom stereocenters. The minimum atomic E-state index is -0.443. The molecule has 1 fully saturated rings. The molecule has 6 nitrogen and oxygen atoms in total.